The summed E-state index contributed by atoms with van der Waals surface area (Å²) in [4.78, 5) is 0. The van der Waals surface area contributed by atoms with Gasteiger partial charge in [-0.2, -0.15) is 0 Å². The summed E-state index contributed by atoms with van der Waals surface area (Å²) >= 11 is 0. The minimum atomic E-state index is -0.597. The minimum absolute atomic E-state index is 0.595. The molecule has 1 N–H and O–H groups in total. The number of aryl methyl sites for hydroxylation is 1. The molecule has 5 nitrogen and oxygen atoms in total. The van der Waals surface area contributed by atoms with Crippen LogP contribution in [0.1, 0.15) is 48.7 Å². The van der Waals surface area contributed by atoms with Gasteiger partial charge in [-0.15, -0.1) is 0 Å². The van der Waals surface area contributed by atoms with Crippen molar-refractivity contribution in [2.75, 3.05) is 21.3 Å². The van der Waals surface area contributed by atoms with Crippen molar-refractivity contribution in [3.05, 3.63) is 83.7 Å². The molecule has 0 saturated carbocycles. The molecule has 180 valence electrons. The number of aliphatic hydroxyl groups excluding tert-OH is 1. The number of rotatable bonds is 12. The zero-order valence-electron chi connectivity index (χ0n) is 20.4. The van der Waals surface area contributed by atoms with Crippen molar-refractivity contribution in [1.82, 2.24) is 0 Å². The fourth-order valence-electron chi connectivity index (χ4n) is 3.75. The molecule has 2 aromatic carbocycles. The van der Waals surface area contributed by atoms with Gasteiger partial charge in [0.1, 0.15) is 17.4 Å². The van der Waals surface area contributed by atoms with Crippen LogP contribution in [0.3, 0.4) is 0 Å². The van der Waals surface area contributed by atoms with Gasteiger partial charge in [-0.05, 0) is 68.0 Å². The molecule has 0 radical (unpaired) electrons. The van der Waals surface area contributed by atoms with Crippen molar-refractivity contribution in [1.29, 1.82) is 0 Å². The second kappa shape index (κ2) is 12.7. The number of fused-ring (bicyclic) bond motifs is 1. The lowest BCUT2D eigenvalue weighted by atomic mass is 10.1. The van der Waals surface area contributed by atoms with E-state index in [1.807, 2.05) is 55.5 Å². The van der Waals surface area contributed by atoms with Gasteiger partial charge in [0.2, 0.25) is 5.75 Å². The van der Waals surface area contributed by atoms with Crippen LogP contribution in [0.25, 0.3) is 17.0 Å². The fourth-order valence-corrected chi connectivity index (χ4v) is 3.75. The Morgan fingerprint density at radius 2 is 1.56 bits per heavy atom. The van der Waals surface area contributed by atoms with Crippen molar-refractivity contribution < 1.29 is 23.7 Å². The molecule has 5 heteroatoms. The topological polar surface area (TPSA) is 61.1 Å². The van der Waals surface area contributed by atoms with Crippen LogP contribution in [0.4, 0.5) is 0 Å². The lowest BCUT2D eigenvalue weighted by molar-refractivity contribution is 0.143. The molecule has 0 saturated heterocycles. The van der Waals surface area contributed by atoms with Crippen LogP contribution < -0.4 is 14.2 Å². The average molecular weight is 463 g/mol. The number of unbranched alkanes of at least 4 members (excludes halogenated alkanes) is 1. The predicted molar refractivity (Wildman–Crippen MR) is 138 cm³/mol. The number of methoxy groups -OCH3 is 3. The van der Waals surface area contributed by atoms with E-state index < -0.39 is 6.10 Å². The highest BCUT2D eigenvalue weighted by atomic mass is 16.5. The van der Waals surface area contributed by atoms with Gasteiger partial charge < -0.3 is 23.7 Å². The summed E-state index contributed by atoms with van der Waals surface area (Å²) in [6.07, 6.45) is 15.1. The zero-order chi connectivity index (χ0) is 24.3. The molecule has 3 rings (SSSR count). The van der Waals surface area contributed by atoms with Gasteiger partial charge in [0, 0.05) is 5.39 Å². The second-order valence-electron chi connectivity index (χ2n) is 8.02. The molecule has 0 amide bonds. The summed E-state index contributed by atoms with van der Waals surface area (Å²) in [6.45, 7) is 2.05. The van der Waals surface area contributed by atoms with Gasteiger partial charge in [-0.3, -0.25) is 0 Å². The van der Waals surface area contributed by atoms with Crippen LogP contribution in [0.2, 0.25) is 0 Å². The molecule has 0 bridgehead atoms. The van der Waals surface area contributed by atoms with Gasteiger partial charge in [0.15, 0.2) is 11.5 Å². The summed E-state index contributed by atoms with van der Waals surface area (Å²) in [6, 6.07) is 11.8. The summed E-state index contributed by atoms with van der Waals surface area (Å²) < 4.78 is 21.9. The smallest absolute Gasteiger partial charge is 0.203 e. The number of ether oxygens (including phenoxy) is 3. The molecular formula is C29H34O5. The maximum Gasteiger partial charge on any atom is 0.203 e. The second-order valence-corrected chi connectivity index (χ2v) is 8.02. The molecule has 0 aliphatic heterocycles. The summed E-state index contributed by atoms with van der Waals surface area (Å²) in [7, 11) is 4.83. The Morgan fingerprint density at radius 3 is 2.21 bits per heavy atom. The number of benzene rings is 2. The molecule has 34 heavy (non-hydrogen) atoms. The molecule has 0 aliphatic rings. The van der Waals surface area contributed by atoms with Crippen LogP contribution in [0.5, 0.6) is 17.2 Å². The Kier molecular flexibility index (Phi) is 9.41. The van der Waals surface area contributed by atoms with Crippen molar-refractivity contribution in [2.45, 2.75) is 38.7 Å². The van der Waals surface area contributed by atoms with Crippen molar-refractivity contribution >= 4 is 17.0 Å². The monoisotopic (exact) mass is 462 g/mol. The highest BCUT2D eigenvalue weighted by molar-refractivity contribution is 5.81. The van der Waals surface area contributed by atoms with E-state index in [1.54, 1.807) is 21.3 Å². The first-order valence-electron chi connectivity index (χ1n) is 11.5. The molecule has 1 aromatic heterocycles. The summed E-state index contributed by atoms with van der Waals surface area (Å²) in [5, 5.41) is 11.5. The SMILES string of the molecule is COc1cc(/C=C\CCC=CC=CCCC(O)c2cc3c(C)cccc3o2)cc(OC)c1OC. The quantitative estimate of drug-likeness (QED) is 0.228. The molecule has 0 spiro atoms. The summed E-state index contributed by atoms with van der Waals surface area (Å²) in [5.41, 5.74) is 2.98. The molecule has 3 aromatic rings. The lowest BCUT2D eigenvalue weighted by Gasteiger charge is -2.12. The zero-order valence-corrected chi connectivity index (χ0v) is 20.4. The van der Waals surface area contributed by atoms with E-state index >= 15 is 0 Å². The Bertz CT molecular complexity index is 1130. The Balaban J connectivity index is 1.40. The third-order valence-corrected chi connectivity index (χ3v) is 5.61. The van der Waals surface area contributed by atoms with E-state index in [4.69, 9.17) is 18.6 Å². The highest BCUT2D eigenvalue weighted by Gasteiger charge is 2.13. The van der Waals surface area contributed by atoms with E-state index in [2.05, 4.69) is 24.3 Å². The normalized spacial score (nSPS) is 12.9. The van der Waals surface area contributed by atoms with Gasteiger partial charge in [-0.25, -0.2) is 0 Å². The van der Waals surface area contributed by atoms with Gasteiger partial charge in [0.25, 0.3) is 0 Å². The molecule has 1 heterocycles. The Morgan fingerprint density at radius 1 is 0.882 bits per heavy atom. The molecule has 0 fully saturated rings. The fraction of sp³-hybridized carbons (Fsp3) is 0.310. The average Bonchev–Trinajstić information content (AvgIpc) is 3.30. The van der Waals surface area contributed by atoms with E-state index in [-0.39, 0.29) is 0 Å². The number of hydrogen-bond donors (Lipinski definition) is 1. The van der Waals surface area contributed by atoms with Crippen molar-refractivity contribution in [3.8, 4) is 17.2 Å². The van der Waals surface area contributed by atoms with E-state index in [1.165, 1.54) is 0 Å². The minimum Gasteiger partial charge on any atom is -0.493 e. The first-order chi connectivity index (χ1) is 16.6. The van der Waals surface area contributed by atoms with Gasteiger partial charge >= 0.3 is 0 Å². The largest absolute Gasteiger partial charge is 0.493 e. The first-order valence-corrected chi connectivity index (χ1v) is 11.5. The Labute approximate surface area is 202 Å². The standard InChI is InChI=1S/C29H34O5/c1-21-14-13-17-25-23(21)20-26(34-25)24(30)16-12-10-8-6-5-7-9-11-15-22-18-27(31-2)29(33-4)28(19-22)32-3/h5-6,8,10-11,13-15,17-20,24,30H,7,9,12,16H2,1-4H3/b6-5?,10-8?,15-11-. The van der Waals surface area contributed by atoms with Crippen molar-refractivity contribution in [3.63, 3.8) is 0 Å². The van der Waals surface area contributed by atoms with Crippen LogP contribution in [-0.2, 0) is 0 Å². The number of furan rings is 1. The van der Waals surface area contributed by atoms with Crippen molar-refractivity contribution in [2.24, 2.45) is 0 Å². The Hall–Kier alpha value is -3.44. The molecule has 1 atom stereocenters. The summed E-state index contributed by atoms with van der Waals surface area (Å²) in [5.74, 6) is 2.52. The van der Waals surface area contributed by atoms with Crippen LogP contribution in [-0.4, -0.2) is 26.4 Å². The number of allylic oxidation sites excluding steroid dienone is 5. The predicted octanol–water partition coefficient (Wildman–Crippen LogP) is 7.19. The number of aliphatic hydroxyl groups is 1. The van der Waals surface area contributed by atoms with Gasteiger partial charge in [-0.1, -0.05) is 48.6 Å². The first kappa shape index (κ1) is 25.2. The van der Waals surface area contributed by atoms with Crippen LogP contribution >= 0.6 is 0 Å². The molecule has 1 unspecified atom stereocenters. The van der Waals surface area contributed by atoms with Crippen LogP contribution in [0.15, 0.2) is 71.2 Å². The van der Waals surface area contributed by atoms with E-state index in [9.17, 15) is 5.11 Å². The maximum absolute atomic E-state index is 10.4. The van der Waals surface area contributed by atoms with E-state index in [0.29, 0.717) is 29.4 Å². The van der Waals surface area contributed by atoms with Gasteiger partial charge in [0.05, 0.1) is 21.3 Å². The molecular weight excluding hydrogens is 428 g/mol. The number of hydrogen-bond acceptors (Lipinski definition) is 5. The third kappa shape index (κ3) is 6.55. The third-order valence-electron chi connectivity index (χ3n) is 5.61. The van der Waals surface area contributed by atoms with Crippen LogP contribution in [0, 0.1) is 6.92 Å². The lowest BCUT2D eigenvalue weighted by Crippen LogP contribution is -1.95. The molecule has 0 aliphatic carbocycles. The highest BCUT2D eigenvalue weighted by Crippen LogP contribution is 2.38. The van der Waals surface area contributed by atoms with E-state index in [0.717, 1.165) is 41.4 Å². The maximum atomic E-state index is 10.4.